The molecule has 0 bridgehead atoms. The first kappa shape index (κ1) is 17.2. The van der Waals surface area contributed by atoms with Crippen molar-refractivity contribution in [3.8, 4) is 11.8 Å². The number of nitriles is 1. The predicted molar refractivity (Wildman–Crippen MR) is 86.2 cm³/mol. The van der Waals surface area contributed by atoms with Crippen molar-refractivity contribution in [1.82, 2.24) is 0 Å². The van der Waals surface area contributed by atoms with Crippen LogP contribution in [0.3, 0.4) is 0 Å². The zero-order chi connectivity index (χ0) is 17.5. The minimum atomic E-state index is -1.05. The number of ether oxygens (including phenoxy) is 1. The summed E-state index contributed by atoms with van der Waals surface area (Å²) < 4.78 is 31.5. The molecule has 4 nitrogen and oxygen atoms in total. The number of carbonyl (C=O) groups excluding carboxylic acids is 1. The molecule has 1 amide bonds. The first-order valence-electron chi connectivity index (χ1n) is 7.15. The number of benzene rings is 2. The molecule has 0 aromatic heterocycles. The van der Waals surface area contributed by atoms with E-state index in [0.29, 0.717) is 18.0 Å². The molecular formula is C18H14F2N2O2. The molecule has 24 heavy (non-hydrogen) atoms. The van der Waals surface area contributed by atoms with Gasteiger partial charge in [0.25, 0.3) is 5.91 Å². The maximum absolute atomic E-state index is 13.2. The third kappa shape index (κ3) is 4.17. The van der Waals surface area contributed by atoms with Gasteiger partial charge in [-0.05, 0) is 42.8 Å². The van der Waals surface area contributed by atoms with Gasteiger partial charge in [0.05, 0.1) is 12.3 Å². The summed E-state index contributed by atoms with van der Waals surface area (Å²) >= 11 is 0. The molecule has 2 aromatic carbocycles. The predicted octanol–water partition coefficient (Wildman–Crippen LogP) is 3.91. The smallest absolute Gasteiger partial charge is 0.266 e. The van der Waals surface area contributed by atoms with E-state index in [2.05, 4.69) is 5.32 Å². The largest absolute Gasteiger partial charge is 0.492 e. The molecule has 0 spiro atoms. The number of nitrogens with zero attached hydrogens (tertiary/aromatic N) is 1. The van der Waals surface area contributed by atoms with Crippen LogP contribution < -0.4 is 10.1 Å². The van der Waals surface area contributed by atoms with Crippen molar-refractivity contribution in [3.05, 3.63) is 65.2 Å². The van der Waals surface area contributed by atoms with E-state index in [0.717, 1.165) is 12.1 Å². The molecule has 0 aliphatic rings. The highest BCUT2D eigenvalue weighted by molar-refractivity contribution is 6.10. The van der Waals surface area contributed by atoms with Crippen LogP contribution in [-0.2, 0) is 4.79 Å². The molecule has 1 N–H and O–H groups in total. The maximum atomic E-state index is 13.2. The Morgan fingerprint density at radius 1 is 1.25 bits per heavy atom. The third-order valence-corrected chi connectivity index (χ3v) is 3.05. The molecule has 2 aromatic rings. The van der Waals surface area contributed by atoms with Crippen molar-refractivity contribution in [2.24, 2.45) is 0 Å². The Bertz CT molecular complexity index is 826. The van der Waals surface area contributed by atoms with E-state index in [9.17, 15) is 13.6 Å². The number of hydrogen-bond donors (Lipinski definition) is 1. The summed E-state index contributed by atoms with van der Waals surface area (Å²) in [6.45, 7) is 2.23. The fraction of sp³-hybridized carbons (Fsp3) is 0.111. The van der Waals surface area contributed by atoms with Gasteiger partial charge in [-0.2, -0.15) is 5.26 Å². The normalized spacial score (nSPS) is 10.8. The van der Waals surface area contributed by atoms with Gasteiger partial charge >= 0.3 is 0 Å². The lowest BCUT2D eigenvalue weighted by Gasteiger charge is -2.10. The van der Waals surface area contributed by atoms with E-state index in [1.807, 2.05) is 6.92 Å². The van der Waals surface area contributed by atoms with Crippen molar-refractivity contribution >= 4 is 17.7 Å². The second kappa shape index (κ2) is 7.88. The third-order valence-electron chi connectivity index (χ3n) is 3.05. The summed E-state index contributed by atoms with van der Waals surface area (Å²) in [5, 5.41) is 11.7. The number of hydrogen-bond acceptors (Lipinski definition) is 3. The van der Waals surface area contributed by atoms with Crippen molar-refractivity contribution in [3.63, 3.8) is 0 Å². The van der Waals surface area contributed by atoms with Crippen LogP contribution in [0.1, 0.15) is 12.5 Å². The second-order valence-corrected chi connectivity index (χ2v) is 4.73. The molecule has 6 heteroatoms. The zero-order valence-electron chi connectivity index (χ0n) is 12.8. The molecule has 0 fully saturated rings. The summed E-state index contributed by atoms with van der Waals surface area (Å²) in [6.07, 6.45) is 1.18. The van der Waals surface area contributed by atoms with Crippen molar-refractivity contribution in [1.29, 1.82) is 5.26 Å². The quantitative estimate of drug-likeness (QED) is 0.668. The summed E-state index contributed by atoms with van der Waals surface area (Å²) in [5.74, 6) is -2.25. The molecule has 0 heterocycles. The average Bonchev–Trinajstić information content (AvgIpc) is 2.57. The Kier molecular flexibility index (Phi) is 5.63. The molecule has 122 valence electrons. The Balaban J connectivity index is 2.25. The zero-order valence-corrected chi connectivity index (χ0v) is 12.8. The molecule has 0 atom stereocenters. The Morgan fingerprint density at radius 2 is 2.00 bits per heavy atom. The van der Waals surface area contributed by atoms with Gasteiger partial charge < -0.3 is 10.1 Å². The molecule has 0 aliphatic heterocycles. The number of carbonyl (C=O) groups is 1. The van der Waals surface area contributed by atoms with Gasteiger partial charge in [-0.15, -0.1) is 0 Å². The number of anilines is 1. The number of nitrogens with one attached hydrogen (secondary N) is 1. The summed E-state index contributed by atoms with van der Waals surface area (Å²) in [5.41, 5.74) is 0.377. The molecular weight excluding hydrogens is 314 g/mol. The van der Waals surface area contributed by atoms with Gasteiger partial charge in [0, 0.05) is 0 Å². The van der Waals surface area contributed by atoms with Crippen molar-refractivity contribution in [2.75, 3.05) is 11.9 Å². The van der Waals surface area contributed by atoms with Gasteiger partial charge in [-0.25, -0.2) is 8.78 Å². The van der Waals surface area contributed by atoms with Gasteiger partial charge in [-0.1, -0.05) is 18.2 Å². The maximum Gasteiger partial charge on any atom is 0.266 e. The van der Waals surface area contributed by atoms with Crippen LogP contribution in [-0.4, -0.2) is 12.5 Å². The van der Waals surface area contributed by atoms with Crippen LogP contribution in [0.25, 0.3) is 6.08 Å². The topological polar surface area (TPSA) is 62.1 Å². The Labute approximate surface area is 138 Å². The van der Waals surface area contributed by atoms with E-state index in [-0.39, 0.29) is 11.1 Å². The standard InChI is InChI=1S/C18H14F2N2O2/c1-2-24-17-6-4-3-5-16(17)22-18(23)13(11-21)9-12-7-8-14(19)15(20)10-12/h3-10H,2H2,1H3,(H,22,23)/b13-9+. The monoisotopic (exact) mass is 328 g/mol. The van der Waals surface area contributed by atoms with Crippen molar-refractivity contribution in [2.45, 2.75) is 6.92 Å². The van der Waals surface area contributed by atoms with Crippen molar-refractivity contribution < 1.29 is 18.3 Å². The molecule has 0 radical (unpaired) electrons. The Hall–Kier alpha value is -3.20. The van der Waals surface area contributed by atoms with Crippen LogP contribution in [0.2, 0.25) is 0 Å². The molecule has 0 saturated heterocycles. The second-order valence-electron chi connectivity index (χ2n) is 4.73. The molecule has 0 saturated carbocycles. The highest BCUT2D eigenvalue weighted by Gasteiger charge is 2.13. The summed E-state index contributed by atoms with van der Waals surface area (Å²) in [7, 11) is 0. The fourth-order valence-corrected chi connectivity index (χ4v) is 1.96. The van der Waals surface area contributed by atoms with Crippen LogP contribution in [0, 0.1) is 23.0 Å². The van der Waals surface area contributed by atoms with Crippen LogP contribution >= 0.6 is 0 Å². The van der Waals surface area contributed by atoms with E-state index in [1.54, 1.807) is 30.3 Å². The lowest BCUT2D eigenvalue weighted by atomic mass is 10.1. The van der Waals surface area contributed by atoms with Gasteiger partial charge in [0.2, 0.25) is 0 Å². The first-order chi connectivity index (χ1) is 11.5. The lowest BCUT2D eigenvalue weighted by molar-refractivity contribution is -0.112. The van der Waals surface area contributed by atoms with Crippen LogP contribution in [0.4, 0.5) is 14.5 Å². The molecule has 0 unspecified atom stereocenters. The van der Waals surface area contributed by atoms with E-state index in [1.165, 1.54) is 12.1 Å². The first-order valence-corrected chi connectivity index (χ1v) is 7.15. The highest BCUT2D eigenvalue weighted by Crippen LogP contribution is 2.24. The fourth-order valence-electron chi connectivity index (χ4n) is 1.96. The van der Waals surface area contributed by atoms with E-state index < -0.39 is 17.5 Å². The number of halogens is 2. The number of para-hydroxylation sites is 2. The SMILES string of the molecule is CCOc1ccccc1NC(=O)/C(C#N)=C/c1ccc(F)c(F)c1. The summed E-state index contributed by atoms with van der Waals surface area (Å²) in [6, 6.07) is 11.6. The average molecular weight is 328 g/mol. The molecule has 0 aliphatic carbocycles. The van der Waals surface area contributed by atoms with E-state index in [4.69, 9.17) is 10.00 Å². The summed E-state index contributed by atoms with van der Waals surface area (Å²) in [4.78, 5) is 12.2. The Morgan fingerprint density at radius 3 is 2.67 bits per heavy atom. The number of rotatable bonds is 5. The van der Waals surface area contributed by atoms with Crippen LogP contribution in [0.15, 0.2) is 48.0 Å². The van der Waals surface area contributed by atoms with E-state index >= 15 is 0 Å². The van der Waals surface area contributed by atoms with Gasteiger partial charge in [0.15, 0.2) is 11.6 Å². The van der Waals surface area contributed by atoms with Gasteiger partial charge in [-0.3, -0.25) is 4.79 Å². The lowest BCUT2D eigenvalue weighted by Crippen LogP contribution is -2.14. The number of amides is 1. The highest BCUT2D eigenvalue weighted by atomic mass is 19.2. The minimum absolute atomic E-state index is 0.207. The van der Waals surface area contributed by atoms with Gasteiger partial charge in [0.1, 0.15) is 17.4 Å². The molecule has 2 rings (SSSR count). The van der Waals surface area contributed by atoms with Crippen LogP contribution in [0.5, 0.6) is 5.75 Å². The minimum Gasteiger partial charge on any atom is -0.492 e.